The first-order chi connectivity index (χ1) is 17.1. The van der Waals surface area contributed by atoms with Crippen molar-refractivity contribution in [1.29, 1.82) is 5.26 Å². The summed E-state index contributed by atoms with van der Waals surface area (Å²) in [6, 6.07) is 33.3. The van der Waals surface area contributed by atoms with Crippen LogP contribution in [0.4, 0.5) is 0 Å². The average molecular weight is 530 g/mol. The molecule has 3 aromatic rings. The third kappa shape index (κ3) is 6.63. The maximum absolute atomic E-state index is 10.7. The molecule has 1 aliphatic carbocycles. The van der Waals surface area contributed by atoms with E-state index in [1.165, 1.54) is 36.0 Å². The van der Waals surface area contributed by atoms with Crippen molar-refractivity contribution in [3.8, 4) is 6.07 Å². The van der Waals surface area contributed by atoms with Crippen molar-refractivity contribution in [1.82, 2.24) is 4.90 Å². The van der Waals surface area contributed by atoms with Crippen molar-refractivity contribution in [3.63, 3.8) is 0 Å². The molecule has 1 aliphatic rings. The SMILES string of the molecule is CC(CCC(C#N)(c1ccc(Br)cc1)C1CCCCC1)N(Cc1ccccc1)Cc1ccccc1. The molecule has 2 unspecified atom stereocenters. The molecule has 2 atom stereocenters. The van der Waals surface area contributed by atoms with Gasteiger partial charge in [-0.05, 0) is 67.3 Å². The Kier molecular flexibility index (Phi) is 9.18. The zero-order valence-electron chi connectivity index (χ0n) is 20.9. The van der Waals surface area contributed by atoms with E-state index >= 15 is 0 Å². The Hall–Kier alpha value is -2.41. The Labute approximate surface area is 220 Å². The van der Waals surface area contributed by atoms with Crippen LogP contribution in [0.3, 0.4) is 0 Å². The predicted octanol–water partition coefficient (Wildman–Crippen LogP) is 8.66. The Morgan fingerprint density at radius 2 is 1.40 bits per heavy atom. The van der Waals surface area contributed by atoms with Crippen molar-refractivity contribution in [2.45, 2.75) is 76.4 Å². The van der Waals surface area contributed by atoms with Crippen LogP contribution in [0, 0.1) is 17.2 Å². The Morgan fingerprint density at radius 3 is 1.91 bits per heavy atom. The first-order valence-corrected chi connectivity index (χ1v) is 13.9. The maximum Gasteiger partial charge on any atom is 0.0851 e. The highest BCUT2D eigenvalue weighted by Crippen LogP contribution is 2.44. The van der Waals surface area contributed by atoms with Gasteiger partial charge in [0, 0.05) is 23.6 Å². The molecule has 0 bridgehead atoms. The van der Waals surface area contributed by atoms with E-state index < -0.39 is 5.41 Å². The predicted molar refractivity (Wildman–Crippen MR) is 149 cm³/mol. The van der Waals surface area contributed by atoms with Gasteiger partial charge in [-0.25, -0.2) is 0 Å². The van der Waals surface area contributed by atoms with Crippen LogP contribution in [-0.4, -0.2) is 10.9 Å². The van der Waals surface area contributed by atoms with Crippen molar-refractivity contribution < 1.29 is 0 Å². The summed E-state index contributed by atoms with van der Waals surface area (Å²) < 4.78 is 1.07. The number of nitriles is 1. The highest BCUT2D eigenvalue weighted by molar-refractivity contribution is 9.10. The molecular weight excluding hydrogens is 492 g/mol. The summed E-state index contributed by atoms with van der Waals surface area (Å²) in [7, 11) is 0. The van der Waals surface area contributed by atoms with Crippen LogP contribution in [0.2, 0.25) is 0 Å². The second-order valence-corrected chi connectivity index (χ2v) is 11.1. The van der Waals surface area contributed by atoms with Gasteiger partial charge in [0.1, 0.15) is 0 Å². The van der Waals surface area contributed by atoms with Gasteiger partial charge in [-0.1, -0.05) is 108 Å². The third-order valence-electron chi connectivity index (χ3n) is 7.90. The quantitative estimate of drug-likeness (QED) is 0.263. The van der Waals surface area contributed by atoms with Gasteiger partial charge in [0.2, 0.25) is 0 Å². The number of hydrogen-bond donors (Lipinski definition) is 0. The van der Waals surface area contributed by atoms with Crippen LogP contribution < -0.4 is 0 Å². The molecule has 1 fully saturated rings. The van der Waals surface area contributed by atoms with E-state index in [9.17, 15) is 5.26 Å². The second kappa shape index (κ2) is 12.5. The largest absolute Gasteiger partial charge is 0.292 e. The Balaban J connectivity index is 1.57. The third-order valence-corrected chi connectivity index (χ3v) is 8.43. The van der Waals surface area contributed by atoms with E-state index in [1.807, 2.05) is 0 Å². The summed E-state index contributed by atoms with van der Waals surface area (Å²) in [5.74, 6) is 0.436. The van der Waals surface area contributed by atoms with Crippen LogP contribution in [0.25, 0.3) is 0 Å². The van der Waals surface area contributed by atoms with E-state index in [2.05, 4.69) is 119 Å². The minimum Gasteiger partial charge on any atom is -0.292 e. The molecular formula is C32H37BrN2. The smallest absolute Gasteiger partial charge is 0.0851 e. The normalized spacial score (nSPS) is 17.0. The fourth-order valence-corrected chi connectivity index (χ4v) is 6.03. The molecule has 2 nitrogen and oxygen atoms in total. The molecule has 0 aromatic heterocycles. The van der Waals surface area contributed by atoms with E-state index in [4.69, 9.17) is 0 Å². The van der Waals surface area contributed by atoms with Gasteiger partial charge in [0.15, 0.2) is 0 Å². The van der Waals surface area contributed by atoms with Crippen molar-refractivity contribution >= 4 is 15.9 Å². The number of rotatable bonds is 10. The fourth-order valence-electron chi connectivity index (χ4n) is 5.76. The standard InChI is InChI=1S/C32H37BrN2/c1-26(35(23-27-11-5-2-6-12-27)24-28-13-7-3-8-14-28)21-22-32(25-34,29-15-9-4-10-16-29)30-17-19-31(33)20-18-30/h2-3,5-8,11-14,17-20,26,29H,4,9-10,15-16,21-24H2,1H3. The summed E-state index contributed by atoms with van der Waals surface area (Å²) in [4.78, 5) is 2.58. The van der Waals surface area contributed by atoms with Gasteiger partial charge in [-0.3, -0.25) is 4.90 Å². The van der Waals surface area contributed by atoms with E-state index in [-0.39, 0.29) is 0 Å². The minimum absolute atomic E-state index is 0.363. The lowest BCUT2D eigenvalue weighted by Crippen LogP contribution is -2.38. The summed E-state index contributed by atoms with van der Waals surface area (Å²) in [5, 5.41) is 10.7. The van der Waals surface area contributed by atoms with Gasteiger partial charge in [-0.2, -0.15) is 5.26 Å². The molecule has 0 N–H and O–H groups in total. The molecule has 0 heterocycles. The molecule has 0 radical (unpaired) electrons. The maximum atomic E-state index is 10.7. The van der Waals surface area contributed by atoms with Crippen LogP contribution in [0.1, 0.15) is 68.6 Å². The monoisotopic (exact) mass is 528 g/mol. The molecule has 0 saturated heterocycles. The highest BCUT2D eigenvalue weighted by Gasteiger charge is 2.41. The molecule has 35 heavy (non-hydrogen) atoms. The molecule has 3 heteroatoms. The molecule has 4 rings (SSSR count). The van der Waals surface area contributed by atoms with E-state index in [1.54, 1.807) is 0 Å². The lowest BCUT2D eigenvalue weighted by Gasteiger charge is -2.40. The second-order valence-electron chi connectivity index (χ2n) is 10.2. The first kappa shape index (κ1) is 25.7. The van der Waals surface area contributed by atoms with Crippen LogP contribution in [-0.2, 0) is 18.5 Å². The van der Waals surface area contributed by atoms with Crippen LogP contribution in [0.5, 0.6) is 0 Å². The summed E-state index contributed by atoms with van der Waals surface area (Å²) in [6.07, 6.45) is 8.02. The number of nitrogens with zero attached hydrogens (tertiary/aromatic N) is 2. The summed E-state index contributed by atoms with van der Waals surface area (Å²) in [6.45, 7) is 4.17. The Morgan fingerprint density at radius 1 is 0.857 bits per heavy atom. The van der Waals surface area contributed by atoms with Gasteiger partial charge in [0.25, 0.3) is 0 Å². The Bertz CT molecular complexity index is 1030. The minimum atomic E-state index is -0.416. The van der Waals surface area contributed by atoms with E-state index in [0.717, 1.165) is 43.2 Å². The molecule has 0 spiro atoms. The van der Waals surface area contributed by atoms with Crippen molar-refractivity contribution in [2.75, 3.05) is 0 Å². The average Bonchev–Trinajstić information content (AvgIpc) is 2.91. The zero-order chi connectivity index (χ0) is 24.5. The molecule has 3 aromatic carbocycles. The van der Waals surface area contributed by atoms with Gasteiger partial charge in [-0.15, -0.1) is 0 Å². The van der Waals surface area contributed by atoms with Crippen molar-refractivity contribution in [2.24, 2.45) is 5.92 Å². The highest BCUT2D eigenvalue weighted by atomic mass is 79.9. The van der Waals surface area contributed by atoms with Gasteiger partial charge in [0.05, 0.1) is 11.5 Å². The molecule has 0 aliphatic heterocycles. The van der Waals surface area contributed by atoms with Crippen LogP contribution >= 0.6 is 15.9 Å². The summed E-state index contributed by atoms with van der Waals surface area (Å²) >= 11 is 3.58. The topological polar surface area (TPSA) is 27.0 Å². The number of hydrogen-bond acceptors (Lipinski definition) is 2. The lowest BCUT2D eigenvalue weighted by atomic mass is 9.63. The lowest BCUT2D eigenvalue weighted by molar-refractivity contribution is 0.159. The fraction of sp³-hybridized carbons (Fsp3) is 0.406. The van der Waals surface area contributed by atoms with E-state index in [0.29, 0.717) is 12.0 Å². The number of benzene rings is 3. The van der Waals surface area contributed by atoms with Gasteiger partial charge >= 0.3 is 0 Å². The van der Waals surface area contributed by atoms with Crippen molar-refractivity contribution in [3.05, 3.63) is 106 Å². The van der Waals surface area contributed by atoms with Crippen LogP contribution in [0.15, 0.2) is 89.4 Å². The van der Waals surface area contributed by atoms with Gasteiger partial charge < -0.3 is 0 Å². The molecule has 0 amide bonds. The molecule has 182 valence electrons. The molecule has 1 saturated carbocycles. The zero-order valence-corrected chi connectivity index (χ0v) is 22.5. The first-order valence-electron chi connectivity index (χ1n) is 13.1. The number of halogens is 1. The summed E-state index contributed by atoms with van der Waals surface area (Å²) in [5.41, 5.74) is 3.45.